The van der Waals surface area contributed by atoms with Crippen LogP contribution in [0.25, 0.3) is 0 Å². The lowest BCUT2D eigenvalue weighted by atomic mass is 10.1. The van der Waals surface area contributed by atoms with Gasteiger partial charge in [-0.2, -0.15) is 5.10 Å². The molecule has 2 rings (SSSR count). The zero-order valence-electron chi connectivity index (χ0n) is 11.5. The quantitative estimate of drug-likeness (QED) is 0.669. The van der Waals surface area contributed by atoms with E-state index in [9.17, 15) is 14.3 Å². The number of hydrazone groups is 1. The van der Waals surface area contributed by atoms with E-state index in [1.54, 1.807) is 49.4 Å². The van der Waals surface area contributed by atoms with Crippen molar-refractivity contribution >= 4 is 11.6 Å². The van der Waals surface area contributed by atoms with Crippen LogP contribution < -0.4 is 5.43 Å². The summed E-state index contributed by atoms with van der Waals surface area (Å²) >= 11 is 0. The van der Waals surface area contributed by atoms with Crippen molar-refractivity contribution in [3.8, 4) is 0 Å². The number of halogens is 1. The Morgan fingerprint density at radius 3 is 2.38 bits per heavy atom. The number of hydrogen-bond acceptors (Lipinski definition) is 3. The normalized spacial score (nSPS) is 12.8. The van der Waals surface area contributed by atoms with E-state index >= 15 is 0 Å². The summed E-state index contributed by atoms with van der Waals surface area (Å²) in [5, 5.41) is 13.8. The highest BCUT2D eigenvalue weighted by Crippen LogP contribution is 2.12. The van der Waals surface area contributed by atoms with Crippen molar-refractivity contribution in [1.29, 1.82) is 0 Å². The molecule has 0 saturated heterocycles. The lowest BCUT2D eigenvalue weighted by Crippen LogP contribution is -2.26. The molecule has 0 bridgehead atoms. The summed E-state index contributed by atoms with van der Waals surface area (Å²) in [7, 11) is 0. The molecule has 0 fully saturated rings. The second-order valence-electron chi connectivity index (χ2n) is 4.49. The average Bonchev–Trinajstić information content (AvgIpc) is 2.53. The number of hydrogen-bond donors (Lipinski definition) is 2. The predicted octanol–water partition coefficient (Wildman–Crippen LogP) is 2.40. The van der Waals surface area contributed by atoms with Crippen LogP contribution in [0.4, 0.5) is 4.39 Å². The Morgan fingerprint density at radius 2 is 1.76 bits per heavy atom. The van der Waals surface area contributed by atoms with Gasteiger partial charge in [0.1, 0.15) is 5.82 Å². The van der Waals surface area contributed by atoms with Crippen LogP contribution in [-0.4, -0.2) is 16.7 Å². The molecule has 0 aliphatic carbocycles. The Hall–Kier alpha value is -2.53. The van der Waals surface area contributed by atoms with Crippen LogP contribution in [0.1, 0.15) is 24.2 Å². The van der Waals surface area contributed by atoms with Gasteiger partial charge in [0.2, 0.25) is 0 Å². The fourth-order valence-electron chi connectivity index (χ4n) is 1.74. The van der Waals surface area contributed by atoms with E-state index < -0.39 is 12.0 Å². The van der Waals surface area contributed by atoms with Gasteiger partial charge in [0.15, 0.2) is 6.10 Å². The SMILES string of the molecule is CC(=NNC(=O)C(O)c1ccccc1)c1ccc(F)cc1. The summed E-state index contributed by atoms with van der Waals surface area (Å²) in [5.74, 6) is -0.960. The average molecular weight is 286 g/mol. The number of carbonyl (C=O) groups is 1. The monoisotopic (exact) mass is 286 g/mol. The Kier molecular flexibility index (Phi) is 4.79. The fourth-order valence-corrected chi connectivity index (χ4v) is 1.74. The van der Waals surface area contributed by atoms with Gasteiger partial charge in [-0.25, -0.2) is 9.82 Å². The molecular weight excluding hydrogens is 271 g/mol. The van der Waals surface area contributed by atoms with Crippen molar-refractivity contribution in [1.82, 2.24) is 5.43 Å². The Bertz CT molecular complexity index is 639. The highest BCUT2D eigenvalue weighted by molar-refractivity contribution is 5.99. The van der Waals surface area contributed by atoms with Crippen LogP contribution in [-0.2, 0) is 4.79 Å². The van der Waals surface area contributed by atoms with E-state index in [1.165, 1.54) is 12.1 Å². The number of nitrogens with zero attached hydrogens (tertiary/aromatic N) is 1. The van der Waals surface area contributed by atoms with E-state index in [4.69, 9.17) is 0 Å². The van der Waals surface area contributed by atoms with Gasteiger partial charge in [-0.3, -0.25) is 4.79 Å². The van der Waals surface area contributed by atoms with Gasteiger partial charge in [-0.15, -0.1) is 0 Å². The molecule has 2 aromatic carbocycles. The van der Waals surface area contributed by atoms with Crippen LogP contribution in [0.15, 0.2) is 59.7 Å². The van der Waals surface area contributed by atoms with Crippen molar-refractivity contribution in [2.75, 3.05) is 0 Å². The number of aliphatic hydroxyl groups is 1. The van der Waals surface area contributed by atoms with Crippen molar-refractivity contribution < 1.29 is 14.3 Å². The summed E-state index contributed by atoms with van der Waals surface area (Å²) in [6, 6.07) is 14.3. The smallest absolute Gasteiger partial charge is 0.273 e. The first-order valence-corrected chi connectivity index (χ1v) is 6.41. The molecule has 0 radical (unpaired) electrons. The lowest BCUT2D eigenvalue weighted by molar-refractivity contribution is -0.129. The van der Waals surface area contributed by atoms with E-state index in [0.29, 0.717) is 16.8 Å². The van der Waals surface area contributed by atoms with Gasteiger partial charge in [0.25, 0.3) is 5.91 Å². The number of carbonyl (C=O) groups excluding carboxylic acids is 1. The summed E-state index contributed by atoms with van der Waals surface area (Å²) in [5.41, 5.74) is 3.99. The zero-order chi connectivity index (χ0) is 15.2. The van der Waals surface area contributed by atoms with Crippen LogP contribution in [0, 0.1) is 5.82 Å². The maximum Gasteiger partial charge on any atom is 0.273 e. The van der Waals surface area contributed by atoms with E-state index in [-0.39, 0.29) is 5.82 Å². The molecule has 5 heteroatoms. The molecule has 108 valence electrons. The Morgan fingerprint density at radius 1 is 1.14 bits per heavy atom. The number of benzene rings is 2. The number of amides is 1. The predicted molar refractivity (Wildman–Crippen MR) is 78.2 cm³/mol. The van der Waals surface area contributed by atoms with Gasteiger partial charge in [-0.05, 0) is 30.2 Å². The molecule has 1 unspecified atom stereocenters. The molecule has 0 saturated carbocycles. The topological polar surface area (TPSA) is 61.7 Å². The second kappa shape index (κ2) is 6.76. The largest absolute Gasteiger partial charge is 0.378 e. The van der Waals surface area contributed by atoms with Crippen LogP contribution in [0.5, 0.6) is 0 Å². The third-order valence-electron chi connectivity index (χ3n) is 2.96. The third-order valence-corrected chi connectivity index (χ3v) is 2.96. The van der Waals surface area contributed by atoms with Gasteiger partial charge < -0.3 is 5.11 Å². The van der Waals surface area contributed by atoms with Crippen molar-refractivity contribution in [2.45, 2.75) is 13.0 Å². The minimum Gasteiger partial charge on any atom is -0.378 e. The van der Waals surface area contributed by atoms with Crippen LogP contribution in [0.2, 0.25) is 0 Å². The van der Waals surface area contributed by atoms with Crippen molar-refractivity contribution in [2.24, 2.45) is 5.10 Å². The fraction of sp³-hybridized carbons (Fsp3) is 0.125. The summed E-state index contributed by atoms with van der Waals surface area (Å²) < 4.78 is 12.8. The van der Waals surface area contributed by atoms with Crippen LogP contribution >= 0.6 is 0 Å². The third kappa shape index (κ3) is 3.97. The zero-order valence-corrected chi connectivity index (χ0v) is 11.5. The van der Waals surface area contributed by atoms with Gasteiger partial charge in [0.05, 0.1) is 5.71 Å². The summed E-state index contributed by atoms with van der Waals surface area (Å²) in [6.07, 6.45) is -1.28. The lowest BCUT2D eigenvalue weighted by Gasteiger charge is -2.09. The molecule has 2 aromatic rings. The maximum atomic E-state index is 12.8. The van der Waals surface area contributed by atoms with Crippen LogP contribution in [0.3, 0.4) is 0 Å². The van der Waals surface area contributed by atoms with Gasteiger partial charge in [-0.1, -0.05) is 42.5 Å². The molecule has 0 aliphatic heterocycles. The molecule has 4 nitrogen and oxygen atoms in total. The van der Waals surface area contributed by atoms with E-state index in [1.807, 2.05) is 0 Å². The molecule has 0 spiro atoms. The standard InChI is InChI=1S/C16H15FN2O2/c1-11(12-7-9-14(17)10-8-12)18-19-16(21)15(20)13-5-3-2-4-6-13/h2-10,15,20H,1H3,(H,19,21). The molecule has 0 aromatic heterocycles. The molecular formula is C16H15FN2O2. The Labute approximate surface area is 121 Å². The number of rotatable bonds is 4. The Balaban J connectivity index is 2.03. The second-order valence-corrected chi connectivity index (χ2v) is 4.49. The minimum atomic E-state index is -1.28. The number of nitrogens with one attached hydrogen (secondary N) is 1. The highest BCUT2D eigenvalue weighted by atomic mass is 19.1. The molecule has 0 aliphatic rings. The first kappa shape index (κ1) is 14.9. The summed E-state index contributed by atoms with van der Waals surface area (Å²) in [6.45, 7) is 1.68. The number of aliphatic hydroxyl groups excluding tert-OH is 1. The van der Waals surface area contributed by atoms with Gasteiger partial charge in [0, 0.05) is 0 Å². The molecule has 1 atom stereocenters. The molecule has 2 N–H and O–H groups in total. The maximum absolute atomic E-state index is 12.8. The highest BCUT2D eigenvalue weighted by Gasteiger charge is 2.16. The molecule has 0 heterocycles. The summed E-state index contributed by atoms with van der Waals surface area (Å²) in [4.78, 5) is 11.8. The van der Waals surface area contributed by atoms with E-state index in [2.05, 4.69) is 10.5 Å². The first-order chi connectivity index (χ1) is 10.1. The minimum absolute atomic E-state index is 0.338. The van der Waals surface area contributed by atoms with E-state index in [0.717, 1.165) is 0 Å². The molecule has 21 heavy (non-hydrogen) atoms. The first-order valence-electron chi connectivity index (χ1n) is 6.41. The van der Waals surface area contributed by atoms with Crippen molar-refractivity contribution in [3.05, 3.63) is 71.5 Å². The van der Waals surface area contributed by atoms with Crippen molar-refractivity contribution in [3.63, 3.8) is 0 Å². The molecule has 1 amide bonds. The van der Waals surface area contributed by atoms with Gasteiger partial charge >= 0.3 is 0 Å².